The van der Waals surface area contributed by atoms with Crippen LogP contribution >= 0.6 is 11.3 Å². The second-order valence-electron chi connectivity index (χ2n) is 4.39. The van der Waals surface area contributed by atoms with E-state index in [4.69, 9.17) is 8.94 Å². The Morgan fingerprint density at radius 2 is 1.96 bits per heavy atom. The molecular weight excluding hydrogens is 320 g/mol. The number of carbonyl (C=O) groups excluding carboxylic acids is 2. The summed E-state index contributed by atoms with van der Waals surface area (Å²) >= 11 is 1.45. The lowest BCUT2D eigenvalue weighted by molar-refractivity contribution is 0.0891. The number of amides is 2. The molecule has 3 aromatic heterocycles. The summed E-state index contributed by atoms with van der Waals surface area (Å²) in [5.74, 6) is -0.370. The number of nitrogens with zero attached hydrogens (tertiary/aromatic N) is 2. The Balaban J connectivity index is 1.45. The molecule has 23 heavy (non-hydrogen) atoms. The van der Waals surface area contributed by atoms with E-state index in [0.29, 0.717) is 5.82 Å². The summed E-state index contributed by atoms with van der Waals surface area (Å²) in [7, 11) is 0. The van der Waals surface area contributed by atoms with Gasteiger partial charge < -0.3 is 19.6 Å². The molecule has 2 amide bonds. The first-order chi connectivity index (χ1) is 11.2. The Morgan fingerprint density at radius 1 is 1.13 bits per heavy atom. The summed E-state index contributed by atoms with van der Waals surface area (Å²) in [5.41, 5.74) is 0. The van der Waals surface area contributed by atoms with E-state index < -0.39 is 5.91 Å². The molecule has 118 valence electrons. The van der Waals surface area contributed by atoms with E-state index in [9.17, 15) is 9.59 Å². The molecule has 3 aromatic rings. The second kappa shape index (κ2) is 6.88. The highest BCUT2D eigenvalue weighted by atomic mass is 32.1. The van der Waals surface area contributed by atoms with E-state index in [0.717, 1.165) is 4.88 Å². The van der Waals surface area contributed by atoms with Crippen molar-refractivity contribution in [3.05, 3.63) is 47.6 Å². The van der Waals surface area contributed by atoms with E-state index in [1.54, 1.807) is 12.1 Å². The van der Waals surface area contributed by atoms with Crippen LogP contribution in [-0.2, 0) is 0 Å². The number of thiophene rings is 1. The van der Waals surface area contributed by atoms with Gasteiger partial charge in [-0.1, -0.05) is 11.2 Å². The number of nitrogens with one attached hydrogen (secondary N) is 2. The number of aromatic nitrogens is 2. The van der Waals surface area contributed by atoms with Gasteiger partial charge in [-0.15, -0.1) is 11.3 Å². The molecule has 0 saturated carbocycles. The first kappa shape index (κ1) is 15.0. The molecule has 0 aliphatic carbocycles. The molecule has 3 rings (SSSR count). The van der Waals surface area contributed by atoms with E-state index in [-0.39, 0.29) is 30.6 Å². The quantitative estimate of drug-likeness (QED) is 0.663. The van der Waals surface area contributed by atoms with Crippen LogP contribution in [0, 0.1) is 0 Å². The molecule has 3 heterocycles. The predicted molar refractivity (Wildman–Crippen MR) is 81.0 cm³/mol. The highest BCUT2D eigenvalue weighted by Gasteiger charge is 2.16. The first-order valence-electron chi connectivity index (χ1n) is 6.71. The van der Waals surface area contributed by atoms with Gasteiger partial charge in [-0.3, -0.25) is 9.59 Å². The van der Waals surface area contributed by atoms with E-state index in [2.05, 4.69) is 20.8 Å². The van der Waals surface area contributed by atoms with Crippen LogP contribution in [0.5, 0.6) is 0 Å². The number of furan rings is 1. The molecule has 0 unspecified atom stereocenters. The SMILES string of the molecule is O=C(NCCNC(=O)c1nc(-c2cccs2)no1)c1ccco1. The maximum Gasteiger partial charge on any atom is 0.316 e. The van der Waals surface area contributed by atoms with Gasteiger partial charge in [-0.25, -0.2) is 0 Å². The largest absolute Gasteiger partial charge is 0.459 e. The normalized spacial score (nSPS) is 10.4. The number of rotatable bonds is 6. The second-order valence-corrected chi connectivity index (χ2v) is 5.34. The molecule has 2 N–H and O–H groups in total. The lowest BCUT2D eigenvalue weighted by atomic mass is 10.4. The van der Waals surface area contributed by atoms with E-state index in [1.807, 2.05) is 17.5 Å². The highest BCUT2D eigenvalue weighted by molar-refractivity contribution is 7.13. The van der Waals surface area contributed by atoms with Gasteiger partial charge in [0, 0.05) is 13.1 Å². The molecule has 9 heteroatoms. The Morgan fingerprint density at radius 3 is 2.65 bits per heavy atom. The van der Waals surface area contributed by atoms with Crippen LogP contribution in [0.25, 0.3) is 10.7 Å². The molecule has 0 atom stereocenters. The first-order valence-corrected chi connectivity index (χ1v) is 7.59. The molecule has 0 aromatic carbocycles. The fourth-order valence-electron chi connectivity index (χ4n) is 1.74. The molecule has 8 nitrogen and oxygen atoms in total. The molecule has 0 radical (unpaired) electrons. The van der Waals surface area contributed by atoms with Crippen LogP contribution in [0.1, 0.15) is 21.2 Å². The Hall–Kier alpha value is -2.94. The Kier molecular flexibility index (Phi) is 4.48. The predicted octanol–water partition coefficient (Wildman–Crippen LogP) is 1.55. The maximum absolute atomic E-state index is 11.9. The standard InChI is InChI=1S/C14H12N4O4S/c19-12(9-3-1-7-21-9)15-5-6-16-13(20)14-17-11(18-22-14)10-4-2-8-23-10/h1-4,7-8H,5-6H2,(H,15,19)(H,16,20). The summed E-state index contributed by atoms with van der Waals surface area (Å²) in [6.45, 7) is 0.471. The zero-order valence-corrected chi connectivity index (χ0v) is 12.6. The average Bonchev–Trinajstić information content (AvgIpc) is 3.32. The summed E-state index contributed by atoms with van der Waals surface area (Å²) in [6.07, 6.45) is 1.41. The number of carbonyl (C=O) groups is 2. The molecule has 0 saturated heterocycles. The minimum Gasteiger partial charge on any atom is -0.459 e. The molecule has 0 bridgehead atoms. The number of hydrogen-bond donors (Lipinski definition) is 2. The summed E-state index contributed by atoms with van der Waals surface area (Å²) in [6, 6.07) is 6.87. The van der Waals surface area contributed by atoms with Crippen LogP contribution in [0.3, 0.4) is 0 Å². The number of hydrogen-bond acceptors (Lipinski definition) is 7. The molecule has 0 aliphatic heterocycles. The average molecular weight is 332 g/mol. The highest BCUT2D eigenvalue weighted by Crippen LogP contribution is 2.21. The van der Waals surface area contributed by atoms with Crippen molar-refractivity contribution >= 4 is 23.2 Å². The molecule has 0 aliphatic rings. The van der Waals surface area contributed by atoms with Crippen molar-refractivity contribution in [1.29, 1.82) is 0 Å². The Labute approximate surface area is 134 Å². The van der Waals surface area contributed by atoms with E-state index in [1.165, 1.54) is 17.6 Å². The minimum atomic E-state index is -0.493. The van der Waals surface area contributed by atoms with Crippen molar-refractivity contribution in [2.45, 2.75) is 0 Å². The van der Waals surface area contributed by atoms with Crippen molar-refractivity contribution in [3.63, 3.8) is 0 Å². The minimum absolute atomic E-state index is 0.120. The van der Waals surface area contributed by atoms with Gasteiger partial charge in [0.2, 0.25) is 5.82 Å². The Bertz CT molecular complexity index is 780. The van der Waals surface area contributed by atoms with Gasteiger partial charge in [0.25, 0.3) is 5.91 Å². The van der Waals surface area contributed by atoms with Crippen LogP contribution in [-0.4, -0.2) is 35.0 Å². The van der Waals surface area contributed by atoms with Crippen LogP contribution in [0.15, 0.2) is 44.8 Å². The van der Waals surface area contributed by atoms with Gasteiger partial charge in [0.05, 0.1) is 11.1 Å². The topological polar surface area (TPSA) is 110 Å². The van der Waals surface area contributed by atoms with Crippen LogP contribution in [0.2, 0.25) is 0 Å². The van der Waals surface area contributed by atoms with Crippen molar-refractivity contribution in [2.24, 2.45) is 0 Å². The van der Waals surface area contributed by atoms with Gasteiger partial charge >= 0.3 is 11.8 Å². The zero-order chi connectivity index (χ0) is 16.1. The monoisotopic (exact) mass is 332 g/mol. The lowest BCUT2D eigenvalue weighted by Gasteiger charge is -2.03. The summed E-state index contributed by atoms with van der Waals surface area (Å²) in [5, 5.41) is 10.8. The van der Waals surface area contributed by atoms with Gasteiger partial charge in [-0.2, -0.15) is 4.98 Å². The van der Waals surface area contributed by atoms with Crippen molar-refractivity contribution in [3.8, 4) is 10.7 Å². The van der Waals surface area contributed by atoms with Crippen molar-refractivity contribution in [2.75, 3.05) is 13.1 Å². The molecular formula is C14H12N4O4S. The lowest BCUT2D eigenvalue weighted by Crippen LogP contribution is -2.34. The van der Waals surface area contributed by atoms with E-state index >= 15 is 0 Å². The molecule has 0 fully saturated rings. The van der Waals surface area contributed by atoms with Crippen LogP contribution < -0.4 is 10.6 Å². The van der Waals surface area contributed by atoms with Gasteiger partial charge in [-0.05, 0) is 23.6 Å². The third kappa shape index (κ3) is 3.64. The maximum atomic E-state index is 11.9. The van der Waals surface area contributed by atoms with Crippen LogP contribution in [0.4, 0.5) is 0 Å². The third-order valence-corrected chi connectivity index (χ3v) is 3.67. The van der Waals surface area contributed by atoms with Gasteiger partial charge in [0.15, 0.2) is 5.76 Å². The van der Waals surface area contributed by atoms with Crippen molar-refractivity contribution in [1.82, 2.24) is 20.8 Å². The van der Waals surface area contributed by atoms with Gasteiger partial charge in [0.1, 0.15) is 0 Å². The molecule has 0 spiro atoms. The third-order valence-electron chi connectivity index (χ3n) is 2.80. The summed E-state index contributed by atoms with van der Waals surface area (Å²) < 4.78 is 9.87. The fourth-order valence-corrected chi connectivity index (χ4v) is 2.39. The smallest absolute Gasteiger partial charge is 0.316 e. The zero-order valence-electron chi connectivity index (χ0n) is 11.8. The summed E-state index contributed by atoms with van der Waals surface area (Å²) in [4.78, 5) is 28.3. The fraction of sp³-hybridized carbons (Fsp3) is 0.143. The van der Waals surface area contributed by atoms with Crippen molar-refractivity contribution < 1.29 is 18.5 Å².